The molecule has 4 heteroatoms. The largest absolute Gasteiger partial charge is 0.267 e. The maximum atomic E-state index is 2.63. The first kappa shape index (κ1) is 17.1. The van der Waals surface area contributed by atoms with Crippen LogP contribution in [0.15, 0.2) is 11.9 Å². The molecule has 0 unspecified atom stereocenters. The van der Waals surface area contributed by atoms with Gasteiger partial charge in [-0.2, -0.15) is 0 Å². The summed E-state index contributed by atoms with van der Waals surface area (Å²) in [6.07, 6.45) is 0. The van der Waals surface area contributed by atoms with Gasteiger partial charge in [-0.05, 0) is 36.8 Å². The zero-order chi connectivity index (χ0) is 14.4. The van der Waals surface area contributed by atoms with Gasteiger partial charge in [-0.3, -0.25) is 9.34 Å². The van der Waals surface area contributed by atoms with Gasteiger partial charge in [-0.25, -0.2) is 0 Å². The van der Waals surface area contributed by atoms with E-state index >= 15 is 0 Å². The molecule has 0 amide bonds. The lowest BCUT2D eigenvalue weighted by Crippen LogP contribution is -2.33. The Balaban J connectivity index is 3.17. The summed E-state index contributed by atoms with van der Waals surface area (Å²) < 4.78 is 5.26. The predicted octanol–water partition coefficient (Wildman–Crippen LogP) is 4.50. The van der Waals surface area contributed by atoms with Crippen LogP contribution in [-0.4, -0.2) is 35.5 Å². The molecule has 1 aromatic heterocycles. The second-order valence-electron chi connectivity index (χ2n) is 4.69. The summed E-state index contributed by atoms with van der Waals surface area (Å²) in [5.41, 5.74) is 2.86. The molecule has 0 radical (unpaired) electrons. The highest BCUT2D eigenvalue weighted by molar-refractivity contribution is 7.70. The summed E-state index contributed by atoms with van der Waals surface area (Å²) in [4.78, 5) is 0. The first-order valence-corrected chi connectivity index (χ1v) is 9.53. The molecule has 0 aliphatic carbocycles. The molecule has 0 aromatic carbocycles. The monoisotopic (exact) mass is 298 g/mol. The van der Waals surface area contributed by atoms with Crippen molar-refractivity contribution in [3.63, 3.8) is 0 Å². The summed E-state index contributed by atoms with van der Waals surface area (Å²) in [5.74, 6) is 2.37. The van der Waals surface area contributed by atoms with Crippen LogP contribution in [0.5, 0.6) is 0 Å². The average Bonchev–Trinajstić information content (AvgIpc) is 2.42. The van der Waals surface area contributed by atoms with Crippen molar-refractivity contribution in [2.75, 3.05) is 26.2 Å². The Morgan fingerprint density at radius 1 is 0.895 bits per heavy atom. The van der Waals surface area contributed by atoms with Crippen molar-refractivity contribution in [3.8, 4) is 0 Å². The Morgan fingerprint density at radius 2 is 1.37 bits per heavy atom. The second kappa shape index (κ2) is 8.32. The molecule has 0 N–H and O–H groups in total. The molecule has 0 atom stereocenters. The van der Waals surface area contributed by atoms with Crippen molar-refractivity contribution in [2.24, 2.45) is 0 Å². The molecular weight excluding hydrogens is 270 g/mol. The molecule has 0 spiro atoms. The van der Waals surface area contributed by atoms with E-state index in [-0.39, 0.29) is 8.22 Å². The third-order valence-electron chi connectivity index (χ3n) is 3.56. The molecule has 1 heterocycles. The quantitative estimate of drug-likeness (QED) is 0.684. The van der Waals surface area contributed by atoms with Crippen LogP contribution in [0.4, 0.5) is 0 Å². The summed E-state index contributed by atoms with van der Waals surface area (Å²) in [5, 5.41) is 1.59. The third-order valence-corrected chi connectivity index (χ3v) is 8.09. The third kappa shape index (κ3) is 4.23. The predicted molar refractivity (Wildman–Crippen MR) is 90.8 cm³/mol. The van der Waals surface area contributed by atoms with E-state index in [1.165, 1.54) is 19.3 Å². The molecule has 0 fully saturated rings. The van der Waals surface area contributed by atoms with Gasteiger partial charge in [0.2, 0.25) is 0 Å². The standard InChI is InChI=1S/C15H28N2P2/c1-7-16(8-2)19(17(9-3)10-4)15-11-13(5)14(6)12-18-15/h11-12H,7-10H2,1-6H3. The molecule has 0 bridgehead atoms. The number of nitrogens with zero attached hydrogens (tertiary/aromatic N) is 2. The van der Waals surface area contributed by atoms with Crippen molar-refractivity contribution in [1.82, 2.24) is 9.34 Å². The molecule has 0 aliphatic rings. The Hall–Kier alpha value is -0.0000000000000000208. The topological polar surface area (TPSA) is 6.48 Å². The normalized spacial score (nSPS) is 12.3. The minimum atomic E-state index is -0.302. The van der Waals surface area contributed by atoms with Gasteiger partial charge in [0.1, 0.15) is 0 Å². The van der Waals surface area contributed by atoms with Crippen LogP contribution in [0.25, 0.3) is 0 Å². The second-order valence-corrected chi connectivity index (χ2v) is 8.24. The van der Waals surface area contributed by atoms with E-state index in [0.29, 0.717) is 0 Å². The lowest BCUT2D eigenvalue weighted by Gasteiger charge is -2.37. The molecular formula is C15H28N2P2. The SMILES string of the molecule is CCN(CC)P(c1cc(C)c(C)cp1)N(CC)CC. The molecule has 108 valence electrons. The lowest BCUT2D eigenvalue weighted by atomic mass is 10.2. The number of rotatable bonds is 7. The van der Waals surface area contributed by atoms with Crippen LogP contribution in [0.1, 0.15) is 38.8 Å². The molecule has 0 saturated carbocycles. The number of hydrogen-bond acceptors (Lipinski definition) is 2. The smallest absolute Gasteiger partial charge is 0.0772 e. The summed E-state index contributed by atoms with van der Waals surface area (Å²) in [7, 11) is 1.09. The van der Waals surface area contributed by atoms with Crippen LogP contribution in [-0.2, 0) is 0 Å². The molecule has 2 nitrogen and oxygen atoms in total. The van der Waals surface area contributed by atoms with E-state index in [9.17, 15) is 0 Å². The van der Waals surface area contributed by atoms with Gasteiger partial charge in [0, 0.05) is 31.2 Å². The van der Waals surface area contributed by atoms with Crippen molar-refractivity contribution in [2.45, 2.75) is 41.5 Å². The fraction of sp³-hybridized carbons (Fsp3) is 0.667. The van der Waals surface area contributed by atoms with Gasteiger partial charge in [-0.1, -0.05) is 35.9 Å². The highest BCUT2D eigenvalue weighted by Crippen LogP contribution is 2.45. The number of hydrogen-bond donors (Lipinski definition) is 0. The maximum Gasteiger partial charge on any atom is 0.0772 e. The maximum absolute atomic E-state index is 2.63. The van der Waals surface area contributed by atoms with Gasteiger partial charge in [-0.15, -0.1) is 0 Å². The Bertz CT molecular complexity index is 376. The van der Waals surface area contributed by atoms with Gasteiger partial charge in [0.25, 0.3) is 0 Å². The fourth-order valence-electron chi connectivity index (χ4n) is 2.17. The molecule has 0 saturated heterocycles. The highest BCUT2D eigenvalue weighted by Gasteiger charge is 2.24. The summed E-state index contributed by atoms with van der Waals surface area (Å²) in [6, 6.07) is 2.43. The van der Waals surface area contributed by atoms with Gasteiger partial charge < -0.3 is 0 Å². The van der Waals surface area contributed by atoms with Gasteiger partial charge >= 0.3 is 0 Å². The zero-order valence-electron chi connectivity index (χ0n) is 13.3. The average molecular weight is 298 g/mol. The van der Waals surface area contributed by atoms with Crippen LogP contribution < -0.4 is 5.04 Å². The van der Waals surface area contributed by atoms with E-state index in [4.69, 9.17) is 0 Å². The van der Waals surface area contributed by atoms with Gasteiger partial charge in [0.15, 0.2) is 0 Å². The van der Waals surface area contributed by atoms with Crippen LogP contribution >= 0.6 is 16.4 Å². The van der Waals surface area contributed by atoms with E-state index < -0.39 is 0 Å². The minimum absolute atomic E-state index is 0.302. The highest BCUT2D eigenvalue weighted by atomic mass is 31.2. The summed E-state index contributed by atoms with van der Waals surface area (Å²) >= 11 is 0. The van der Waals surface area contributed by atoms with E-state index in [2.05, 4.69) is 62.7 Å². The lowest BCUT2D eigenvalue weighted by molar-refractivity contribution is 0.430. The van der Waals surface area contributed by atoms with Crippen molar-refractivity contribution in [3.05, 3.63) is 23.0 Å². The van der Waals surface area contributed by atoms with Crippen LogP contribution in [0, 0.1) is 13.8 Å². The molecule has 1 rings (SSSR count). The fourth-order valence-corrected chi connectivity index (χ4v) is 6.63. The van der Waals surface area contributed by atoms with Crippen LogP contribution in [0.3, 0.4) is 0 Å². The Morgan fingerprint density at radius 3 is 1.74 bits per heavy atom. The minimum Gasteiger partial charge on any atom is -0.267 e. The summed E-state index contributed by atoms with van der Waals surface area (Å²) in [6.45, 7) is 18.1. The zero-order valence-corrected chi connectivity index (χ0v) is 15.1. The molecule has 0 aliphatic heterocycles. The van der Waals surface area contributed by atoms with Gasteiger partial charge in [0.05, 0.1) is 8.22 Å². The van der Waals surface area contributed by atoms with E-state index in [0.717, 1.165) is 26.2 Å². The van der Waals surface area contributed by atoms with Crippen LogP contribution in [0.2, 0.25) is 0 Å². The Labute approximate surface area is 122 Å². The number of aryl methyl sites for hydroxylation is 2. The first-order valence-electron chi connectivity index (χ1n) is 7.31. The first-order chi connectivity index (χ1) is 9.08. The Kier molecular flexibility index (Phi) is 7.47. The van der Waals surface area contributed by atoms with E-state index in [1.54, 1.807) is 5.04 Å². The van der Waals surface area contributed by atoms with Crippen molar-refractivity contribution >= 4 is 21.5 Å². The van der Waals surface area contributed by atoms with E-state index in [1.807, 2.05) is 0 Å². The van der Waals surface area contributed by atoms with Crippen molar-refractivity contribution < 1.29 is 0 Å². The molecule has 19 heavy (non-hydrogen) atoms. The van der Waals surface area contributed by atoms with Crippen molar-refractivity contribution in [1.29, 1.82) is 0 Å². The molecule has 1 aromatic rings.